The fourth-order valence-corrected chi connectivity index (χ4v) is 3.48. The number of nitrogens with one attached hydrogen (secondary N) is 2. The molecular formula is C19H25ClN4O. The highest BCUT2D eigenvalue weighted by Crippen LogP contribution is 2.24. The monoisotopic (exact) mass is 360 g/mol. The molecule has 0 saturated carbocycles. The van der Waals surface area contributed by atoms with Gasteiger partial charge in [-0.3, -0.25) is 9.48 Å². The van der Waals surface area contributed by atoms with Crippen molar-refractivity contribution in [3.63, 3.8) is 0 Å². The number of carbonyl (C=O) groups excluding carboxylic acids is 1. The van der Waals surface area contributed by atoms with Crippen LogP contribution in [0.25, 0.3) is 0 Å². The van der Waals surface area contributed by atoms with Crippen molar-refractivity contribution in [2.24, 2.45) is 0 Å². The highest BCUT2D eigenvalue weighted by Gasteiger charge is 2.16. The van der Waals surface area contributed by atoms with E-state index in [1.54, 1.807) is 0 Å². The summed E-state index contributed by atoms with van der Waals surface area (Å²) in [4.78, 5) is 12.4. The molecule has 0 bridgehead atoms. The van der Waals surface area contributed by atoms with Crippen molar-refractivity contribution in [3.8, 4) is 0 Å². The highest BCUT2D eigenvalue weighted by atomic mass is 35.5. The van der Waals surface area contributed by atoms with E-state index in [-0.39, 0.29) is 5.91 Å². The van der Waals surface area contributed by atoms with Crippen LogP contribution in [0.1, 0.15) is 46.1 Å². The Hall–Kier alpha value is -1.85. The number of rotatable bonds is 5. The summed E-state index contributed by atoms with van der Waals surface area (Å²) in [5.41, 5.74) is 3.71. The van der Waals surface area contributed by atoms with Gasteiger partial charge in [0.1, 0.15) is 0 Å². The summed E-state index contributed by atoms with van der Waals surface area (Å²) in [5.74, 6) is 0.455. The number of halogens is 1. The third-order valence-electron chi connectivity index (χ3n) is 4.82. The van der Waals surface area contributed by atoms with Gasteiger partial charge in [-0.1, -0.05) is 23.7 Å². The van der Waals surface area contributed by atoms with Crippen LogP contribution in [0.3, 0.4) is 0 Å². The second-order valence-electron chi connectivity index (χ2n) is 6.63. The van der Waals surface area contributed by atoms with Crippen LogP contribution in [-0.4, -0.2) is 35.3 Å². The SMILES string of the molecule is Cc1nn(CCNC(=O)c2cccc(C3CCCNC3)c2)c(C)c1Cl. The number of hydrogen-bond donors (Lipinski definition) is 2. The minimum absolute atomic E-state index is 0.0433. The third-order valence-corrected chi connectivity index (χ3v) is 5.37. The molecule has 0 aliphatic carbocycles. The highest BCUT2D eigenvalue weighted by molar-refractivity contribution is 6.31. The van der Waals surface area contributed by atoms with Gasteiger partial charge >= 0.3 is 0 Å². The van der Waals surface area contributed by atoms with Gasteiger partial charge < -0.3 is 10.6 Å². The lowest BCUT2D eigenvalue weighted by Crippen LogP contribution is -2.29. The van der Waals surface area contributed by atoms with Crippen LogP contribution < -0.4 is 10.6 Å². The van der Waals surface area contributed by atoms with Gasteiger partial charge in [-0.05, 0) is 56.8 Å². The van der Waals surface area contributed by atoms with Gasteiger partial charge in [0.2, 0.25) is 0 Å². The summed E-state index contributed by atoms with van der Waals surface area (Å²) >= 11 is 6.15. The van der Waals surface area contributed by atoms with E-state index < -0.39 is 0 Å². The van der Waals surface area contributed by atoms with Crippen LogP contribution in [0.5, 0.6) is 0 Å². The van der Waals surface area contributed by atoms with Crippen molar-refractivity contribution in [1.82, 2.24) is 20.4 Å². The molecule has 0 spiro atoms. The summed E-state index contributed by atoms with van der Waals surface area (Å²) < 4.78 is 1.84. The van der Waals surface area contributed by atoms with E-state index in [1.807, 2.05) is 36.7 Å². The first-order valence-corrected chi connectivity index (χ1v) is 9.22. The molecule has 1 aromatic heterocycles. The van der Waals surface area contributed by atoms with Gasteiger partial charge in [0, 0.05) is 18.7 Å². The summed E-state index contributed by atoms with van der Waals surface area (Å²) in [6, 6.07) is 7.98. The van der Waals surface area contributed by atoms with Crippen LogP contribution in [-0.2, 0) is 6.54 Å². The normalized spacial score (nSPS) is 17.5. The number of piperidine rings is 1. The molecule has 1 aromatic carbocycles. The van der Waals surface area contributed by atoms with Crippen LogP contribution in [0.4, 0.5) is 0 Å². The smallest absolute Gasteiger partial charge is 0.251 e. The Morgan fingerprint density at radius 3 is 2.96 bits per heavy atom. The number of aryl methyl sites for hydroxylation is 1. The van der Waals surface area contributed by atoms with Gasteiger partial charge in [0.25, 0.3) is 5.91 Å². The number of carbonyl (C=O) groups is 1. The van der Waals surface area contributed by atoms with Gasteiger partial charge in [-0.25, -0.2) is 0 Å². The molecule has 1 aliphatic heterocycles. The van der Waals surface area contributed by atoms with Crippen molar-refractivity contribution in [1.29, 1.82) is 0 Å². The van der Waals surface area contributed by atoms with Crippen LogP contribution >= 0.6 is 11.6 Å². The topological polar surface area (TPSA) is 59.0 Å². The molecule has 1 aliphatic rings. The molecule has 1 amide bonds. The molecule has 134 valence electrons. The fraction of sp³-hybridized carbons (Fsp3) is 0.474. The number of amides is 1. The fourth-order valence-electron chi connectivity index (χ4n) is 3.34. The molecule has 2 N–H and O–H groups in total. The van der Waals surface area contributed by atoms with E-state index in [2.05, 4.69) is 21.8 Å². The number of aromatic nitrogens is 2. The van der Waals surface area contributed by atoms with Gasteiger partial charge in [-0.2, -0.15) is 5.10 Å². The Morgan fingerprint density at radius 1 is 1.44 bits per heavy atom. The van der Waals surface area contributed by atoms with Gasteiger partial charge in [-0.15, -0.1) is 0 Å². The molecule has 2 aromatic rings. The van der Waals surface area contributed by atoms with Crippen LogP contribution in [0.15, 0.2) is 24.3 Å². The summed E-state index contributed by atoms with van der Waals surface area (Å²) in [6.45, 7) is 7.03. The summed E-state index contributed by atoms with van der Waals surface area (Å²) in [5, 5.41) is 11.5. The Labute approximate surface area is 153 Å². The lowest BCUT2D eigenvalue weighted by Gasteiger charge is -2.23. The van der Waals surface area contributed by atoms with E-state index in [0.717, 1.165) is 30.0 Å². The Kier molecular flexibility index (Phi) is 5.76. The molecular weight excluding hydrogens is 336 g/mol. The van der Waals surface area contributed by atoms with Gasteiger partial charge in [0.15, 0.2) is 0 Å². The molecule has 2 heterocycles. The number of nitrogens with zero attached hydrogens (tertiary/aromatic N) is 2. The van der Waals surface area contributed by atoms with Gasteiger partial charge in [0.05, 0.1) is 23.0 Å². The lowest BCUT2D eigenvalue weighted by molar-refractivity contribution is 0.0951. The first-order chi connectivity index (χ1) is 12.1. The molecule has 3 rings (SSSR count). The zero-order valence-corrected chi connectivity index (χ0v) is 15.6. The van der Waals surface area contributed by atoms with Crippen molar-refractivity contribution in [2.45, 2.75) is 39.2 Å². The predicted molar refractivity (Wildman–Crippen MR) is 100 cm³/mol. The van der Waals surface area contributed by atoms with Crippen LogP contribution in [0, 0.1) is 13.8 Å². The van der Waals surface area contributed by atoms with E-state index in [9.17, 15) is 4.79 Å². The van der Waals surface area contributed by atoms with Crippen molar-refractivity contribution < 1.29 is 4.79 Å². The Morgan fingerprint density at radius 2 is 2.28 bits per heavy atom. The molecule has 25 heavy (non-hydrogen) atoms. The van der Waals surface area contributed by atoms with Crippen LogP contribution in [0.2, 0.25) is 5.02 Å². The zero-order chi connectivity index (χ0) is 17.8. The third kappa shape index (κ3) is 4.22. The Bertz CT molecular complexity index is 750. The maximum absolute atomic E-state index is 12.4. The number of benzene rings is 1. The molecule has 1 fully saturated rings. The standard InChI is InChI=1S/C19H25ClN4O/c1-13-18(20)14(2)24(23-13)10-9-22-19(25)16-6-3-5-15(11-16)17-7-4-8-21-12-17/h3,5-6,11,17,21H,4,7-10,12H2,1-2H3,(H,22,25). The molecule has 1 saturated heterocycles. The second kappa shape index (κ2) is 8.02. The molecule has 1 unspecified atom stereocenters. The van der Waals surface area contributed by atoms with E-state index in [0.29, 0.717) is 24.0 Å². The first-order valence-electron chi connectivity index (χ1n) is 8.84. The Balaban J connectivity index is 1.58. The minimum atomic E-state index is -0.0433. The number of hydrogen-bond acceptors (Lipinski definition) is 3. The first kappa shape index (κ1) is 18.0. The van der Waals surface area contributed by atoms with Crippen molar-refractivity contribution in [2.75, 3.05) is 19.6 Å². The molecule has 0 radical (unpaired) electrons. The summed E-state index contributed by atoms with van der Waals surface area (Å²) in [6.07, 6.45) is 2.36. The molecule has 5 nitrogen and oxygen atoms in total. The maximum atomic E-state index is 12.4. The van der Waals surface area contributed by atoms with E-state index in [4.69, 9.17) is 11.6 Å². The van der Waals surface area contributed by atoms with E-state index in [1.165, 1.54) is 18.4 Å². The van der Waals surface area contributed by atoms with Crippen molar-refractivity contribution in [3.05, 3.63) is 51.8 Å². The largest absolute Gasteiger partial charge is 0.350 e. The minimum Gasteiger partial charge on any atom is -0.350 e. The average Bonchev–Trinajstić information content (AvgIpc) is 2.89. The average molecular weight is 361 g/mol. The predicted octanol–water partition coefficient (Wildman–Crippen LogP) is 3.05. The quantitative estimate of drug-likeness (QED) is 0.861. The lowest BCUT2D eigenvalue weighted by atomic mass is 9.90. The zero-order valence-electron chi connectivity index (χ0n) is 14.8. The second-order valence-corrected chi connectivity index (χ2v) is 7.01. The maximum Gasteiger partial charge on any atom is 0.251 e. The molecule has 6 heteroatoms. The summed E-state index contributed by atoms with van der Waals surface area (Å²) in [7, 11) is 0. The van der Waals surface area contributed by atoms with E-state index >= 15 is 0 Å². The van der Waals surface area contributed by atoms with Crippen molar-refractivity contribution >= 4 is 17.5 Å². The molecule has 1 atom stereocenters.